The molecule has 1 rings (SSSR count). The number of hydrogen-bond donors (Lipinski definition) is 0. The minimum absolute atomic E-state index is 0.216. The van der Waals surface area contributed by atoms with Gasteiger partial charge in [0, 0.05) is 0 Å². The number of carbonyl (C=O) groups is 4. The Morgan fingerprint density at radius 2 is 1.25 bits per heavy atom. The van der Waals surface area contributed by atoms with Gasteiger partial charge in [0.05, 0.1) is 0 Å². The zero-order valence-corrected chi connectivity index (χ0v) is 15.6. The van der Waals surface area contributed by atoms with E-state index in [-0.39, 0.29) is 6.61 Å². The Bertz CT molecular complexity index is 506. The summed E-state index contributed by atoms with van der Waals surface area (Å²) < 4.78 is 26.1. The summed E-state index contributed by atoms with van der Waals surface area (Å²) in [6.07, 6.45) is -4.08. The molecular weight excluding hydrogens is 391 g/mol. The molecule has 0 aromatic rings. The van der Waals surface area contributed by atoms with Crippen molar-refractivity contribution in [3.63, 3.8) is 0 Å². The fourth-order valence-electron chi connectivity index (χ4n) is 2.21. The molecule has 1 aliphatic heterocycles. The van der Waals surface area contributed by atoms with Gasteiger partial charge in [-0.2, -0.15) is 0 Å². The molecule has 0 N–H and O–H groups in total. The summed E-state index contributed by atoms with van der Waals surface area (Å²) in [7, 11) is 0. The quantitative estimate of drug-likeness (QED) is 0.318. The molecule has 0 aromatic carbocycles. The Balaban J connectivity index is 3.11. The molecule has 0 radical (unpaired) electrons. The van der Waals surface area contributed by atoms with Crippen LogP contribution in [0, 0.1) is 0 Å². The van der Waals surface area contributed by atoms with Crippen LogP contribution < -0.4 is 0 Å². The van der Waals surface area contributed by atoms with Gasteiger partial charge in [0.25, 0.3) is 0 Å². The summed E-state index contributed by atoms with van der Waals surface area (Å²) in [6.45, 7) is 4.53. The summed E-state index contributed by atoms with van der Waals surface area (Å²) >= 11 is 2.13. The predicted molar refractivity (Wildman–Crippen MR) is 79.1 cm³/mol. The molecule has 0 spiro atoms. The number of hydrogen-bond acceptors (Lipinski definition) is 9. The van der Waals surface area contributed by atoms with E-state index in [4.69, 9.17) is 23.7 Å². The van der Waals surface area contributed by atoms with Gasteiger partial charge >= 0.3 is 146 Å². The molecular formula is C14H20O9Se. The summed E-state index contributed by atoms with van der Waals surface area (Å²) in [5, 5.41) is -0.738. The molecule has 1 saturated heterocycles. The normalized spacial score (nSPS) is 29.3. The second-order valence-corrected chi connectivity index (χ2v) is 6.16. The molecule has 1 fully saturated rings. The molecule has 0 saturated carbocycles. The van der Waals surface area contributed by atoms with Crippen molar-refractivity contribution in [3.05, 3.63) is 0 Å². The number of ether oxygens (including phenoxy) is 5. The van der Waals surface area contributed by atoms with Crippen molar-refractivity contribution >= 4 is 39.9 Å². The van der Waals surface area contributed by atoms with E-state index in [1.54, 1.807) is 0 Å². The van der Waals surface area contributed by atoms with E-state index in [2.05, 4.69) is 16.0 Å². The average Bonchev–Trinajstić information content (AvgIpc) is 2.42. The van der Waals surface area contributed by atoms with Crippen LogP contribution in [0.25, 0.3) is 0 Å². The molecule has 1 heterocycles. The first kappa shape index (κ1) is 20.4. The van der Waals surface area contributed by atoms with Crippen molar-refractivity contribution < 1.29 is 42.9 Å². The first-order chi connectivity index (χ1) is 11.1. The third-order valence-corrected chi connectivity index (χ3v) is 3.84. The maximum absolute atomic E-state index is 11.4. The van der Waals surface area contributed by atoms with Crippen molar-refractivity contribution in [2.24, 2.45) is 0 Å². The molecule has 0 aliphatic carbocycles. The van der Waals surface area contributed by atoms with Crippen LogP contribution in [-0.2, 0) is 42.9 Å². The van der Waals surface area contributed by atoms with E-state index >= 15 is 0 Å². The maximum atomic E-state index is 11.4. The Hall–Kier alpha value is -1.64. The molecule has 136 valence electrons. The number of rotatable bonds is 5. The summed E-state index contributed by atoms with van der Waals surface area (Å²) in [5.41, 5.74) is 0. The van der Waals surface area contributed by atoms with Crippen molar-refractivity contribution in [1.29, 1.82) is 0 Å². The second kappa shape index (κ2) is 9.00. The van der Waals surface area contributed by atoms with Crippen LogP contribution in [-0.4, -0.2) is 75.9 Å². The summed E-state index contributed by atoms with van der Waals surface area (Å²) in [5.74, 6) is -2.47. The monoisotopic (exact) mass is 412 g/mol. The minimum atomic E-state index is -1.10. The summed E-state index contributed by atoms with van der Waals surface area (Å²) in [4.78, 5) is 45.2. The van der Waals surface area contributed by atoms with Gasteiger partial charge in [0.15, 0.2) is 0 Å². The molecule has 5 atom stereocenters. The van der Waals surface area contributed by atoms with Crippen LogP contribution >= 0.6 is 0 Å². The molecule has 0 amide bonds. The van der Waals surface area contributed by atoms with Crippen LogP contribution in [0.4, 0.5) is 0 Å². The number of esters is 4. The van der Waals surface area contributed by atoms with E-state index in [0.29, 0.717) is 0 Å². The van der Waals surface area contributed by atoms with Gasteiger partial charge in [0.1, 0.15) is 0 Å². The zero-order chi connectivity index (χ0) is 18.4. The number of carbonyl (C=O) groups excluding carboxylic acids is 4. The van der Waals surface area contributed by atoms with Crippen LogP contribution in [0.1, 0.15) is 27.7 Å². The van der Waals surface area contributed by atoms with Gasteiger partial charge < -0.3 is 0 Å². The molecule has 9 nitrogen and oxygen atoms in total. The van der Waals surface area contributed by atoms with Gasteiger partial charge in [-0.1, -0.05) is 0 Å². The zero-order valence-electron chi connectivity index (χ0n) is 13.7. The summed E-state index contributed by atoms with van der Waals surface area (Å²) in [6, 6.07) is 0. The van der Waals surface area contributed by atoms with Gasteiger partial charge in [-0.05, 0) is 0 Å². The van der Waals surface area contributed by atoms with Gasteiger partial charge in [-0.25, -0.2) is 0 Å². The molecule has 0 aromatic heterocycles. The molecule has 1 aliphatic rings. The first-order valence-electron chi connectivity index (χ1n) is 7.10. The van der Waals surface area contributed by atoms with Crippen molar-refractivity contribution in [1.82, 2.24) is 0 Å². The average molecular weight is 411 g/mol. The topological polar surface area (TPSA) is 114 Å². The van der Waals surface area contributed by atoms with E-state index in [0.717, 1.165) is 0 Å². The van der Waals surface area contributed by atoms with Gasteiger partial charge in [0.2, 0.25) is 0 Å². The van der Waals surface area contributed by atoms with E-state index in [9.17, 15) is 19.2 Å². The molecule has 0 unspecified atom stereocenters. The third-order valence-electron chi connectivity index (χ3n) is 2.97. The molecule has 10 heteroatoms. The van der Waals surface area contributed by atoms with Gasteiger partial charge in [-0.3, -0.25) is 0 Å². The Morgan fingerprint density at radius 3 is 1.71 bits per heavy atom. The van der Waals surface area contributed by atoms with E-state index in [1.165, 1.54) is 27.7 Å². The third kappa shape index (κ3) is 6.10. The van der Waals surface area contributed by atoms with Crippen molar-refractivity contribution in [2.75, 3.05) is 6.61 Å². The van der Waals surface area contributed by atoms with Crippen LogP contribution in [0.3, 0.4) is 0 Å². The Kier molecular flexibility index (Phi) is 7.65. The molecule has 0 bridgehead atoms. The van der Waals surface area contributed by atoms with E-state index in [1.807, 2.05) is 0 Å². The van der Waals surface area contributed by atoms with Gasteiger partial charge in [-0.15, -0.1) is 0 Å². The SMILES string of the molecule is CC(=O)OC[C@@H]1O[C@H]([SeH])[C@H](OC(C)=O)[C@H](OC(C)=O)[C@H]1OC(C)=O. The second-order valence-electron chi connectivity index (χ2n) is 5.09. The Labute approximate surface area is 147 Å². The van der Waals surface area contributed by atoms with Crippen LogP contribution in [0.2, 0.25) is 0 Å². The Morgan fingerprint density at radius 1 is 0.792 bits per heavy atom. The fraction of sp³-hybridized carbons (Fsp3) is 0.714. The van der Waals surface area contributed by atoms with Crippen LogP contribution in [0.15, 0.2) is 0 Å². The fourth-order valence-corrected chi connectivity index (χ4v) is 3.02. The molecule has 24 heavy (non-hydrogen) atoms. The van der Waals surface area contributed by atoms with Crippen LogP contribution in [0.5, 0.6) is 0 Å². The predicted octanol–water partition coefficient (Wildman–Crippen LogP) is -1.03. The standard InChI is InChI=1S/C14H20O9Se/c1-6(15)19-5-10-11(20-7(2)16)12(21-8(3)17)13(14(24)23-10)22-9(4)18/h10-14,24H,5H2,1-4H3/t10-,11-,12+,13+,14+/m0/s1. The van der Waals surface area contributed by atoms with Crippen molar-refractivity contribution in [2.45, 2.75) is 57.1 Å². The first-order valence-corrected chi connectivity index (χ1v) is 8.18. The van der Waals surface area contributed by atoms with E-state index < -0.39 is 53.3 Å². The van der Waals surface area contributed by atoms with Crippen molar-refractivity contribution in [3.8, 4) is 0 Å².